The zero-order chi connectivity index (χ0) is 22.5. The maximum Gasteiger partial charge on any atom is 0.250 e. The second kappa shape index (κ2) is 6.56. The van der Waals surface area contributed by atoms with Crippen LogP contribution in [-0.4, -0.2) is 35.2 Å². The minimum absolute atomic E-state index is 0.159. The number of carbonyl (C=O) groups is 3. The number of rotatable bonds is 1. The van der Waals surface area contributed by atoms with Crippen molar-refractivity contribution >= 4 is 52.3 Å². The largest absolute Gasteiger partial charge is 0.324 e. The summed E-state index contributed by atoms with van der Waals surface area (Å²) < 4.78 is 0. The number of amides is 3. The number of aryl methyl sites for hydroxylation is 2. The molecule has 4 aliphatic rings. The number of hydrogen-bond acceptors (Lipinski definition) is 4. The Kier molecular flexibility index (Phi) is 4.15. The maximum atomic E-state index is 14.0. The zero-order valence-corrected chi connectivity index (χ0v) is 19.1. The van der Waals surface area contributed by atoms with Gasteiger partial charge in [-0.15, -0.1) is 0 Å². The first-order valence-corrected chi connectivity index (χ1v) is 11.5. The second-order valence-electron chi connectivity index (χ2n) is 9.27. The summed E-state index contributed by atoms with van der Waals surface area (Å²) in [4.78, 5) is 44.7. The fraction of sp³-hybridized carbons (Fsp3) is 0.375. The van der Waals surface area contributed by atoms with Crippen LogP contribution in [0, 0.1) is 25.7 Å². The van der Waals surface area contributed by atoms with Gasteiger partial charge in [0.25, 0.3) is 0 Å². The highest BCUT2D eigenvalue weighted by Crippen LogP contribution is 2.61. The fourth-order valence-electron chi connectivity index (χ4n) is 6.58. The monoisotopic (exact) mass is 469 g/mol. The van der Waals surface area contributed by atoms with Crippen LogP contribution in [0.3, 0.4) is 0 Å². The Hall–Kier alpha value is -2.41. The predicted octanol–water partition coefficient (Wildman–Crippen LogP) is 4.04. The quantitative estimate of drug-likeness (QED) is 0.639. The zero-order valence-electron chi connectivity index (χ0n) is 17.6. The summed E-state index contributed by atoms with van der Waals surface area (Å²) >= 11 is 12.3. The standard InChI is InChI=1S/C24H21Cl2N3O3/c1-11-6-12(2)20-16(7-11)24(23(32)27-20)19-18(17-4-3-5-28(17)24)21(30)29(22(19)31)15-9-13(25)8-14(26)10-15/h6-10,17-19H,3-5H2,1-2H3,(H,27,32)/t17-,18-,19-,24-/m1/s1. The molecule has 2 aromatic rings. The van der Waals surface area contributed by atoms with Gasteiger partial charge in [-0.1, -0.05) is 40.9 Å². The highest BCUT2D eigenvalue weighted by atomic mass is 35.5. The van der Waals surface area contributed by atoms with Gasteiger partial charge < -0.3 is 5.32 Å². The molecule has 4 aliphatic heterocycles. The van der Waals surface area contributed by atoms with E-state index in [-0.39, 0.29) is 23.8 Å². The van der Waals surface area contributed by atoms with Crippen LogP contribution in [0.1, 0.15) is 29.5 Å². The molecule has 3 amide bonds. The Bertz CT molecular complexity index is 1220. The number of hydrogen-bond donors (Lipinski definition) is 1. The number of benzene rings is 2. The molecule has 1 spiro atoms. The molecule has 6 rings (SSSR count). The molecule has 1 N–H and O–H groups in total. The van der Waals surface area contributed by atoms with Gasteiger partial charge in [-0.2, -0.15) is 0 Å². The highest BCUT2D eigenvalue weighted by Gasteiger charge is 2.74. The minimum Gasteiger partial charge on any atom is -0.324 e. The molecule has 4 atom stereocenters. The Morgan fingerprint density at radius 2 is 1.72 bits per heavy atom. The van der Waals surface area contributed by atoms with Crippen LogP contribution >= 0.6 is 23.2 Å². The van der Waals surface area contributed by atoms with Crippen molar-refractivity contribution in [2.45, 2.75) is 38.3 Å². The van der Waals surface area contributed by atoms with Crippen molar-refractivity contribution < 1.29 is 14.4 Å². The predicted molar refractivity (Wildman–Crippen MR) is 122 cm³/mol. The van der Waals surface area contributed by atoms with Crippen molar-refractivity contribution in [3.63, 3.8) is 0 Å². The summed E-state index contributed by atoms with van der Waals surface area (Å²) in [5.74, 6) is -2.24. The van der Waals surface area contributed by atoms with Crippen LogP contribution in [0.4, 0.5) is 11.4 Å². The lowest BCUT2D eigenvalue weighted by Gasteiger charge is -2.36. The molecule has 32 heavy (non-hydrogen) atoms. The Morgan fingerprint density at radius 3 is 2.44 bits per heavy atom. The molecule has 0 aromatic heterocycles. The molecule has 8 heteroatoms. The van der Waals surface area contributed by atoms with E-state index in [0.29, 0.717) is 22.3 Å². The highest BCUT2D eigenvalue weighted by molar-refractivity contribution is 6.36. The Morgan fingerprint density at radius 1 is 1.00 bits per heavy atom. The summed E-state index contributed by atoms with van der Waals surface area (Å²) in [7, 11) is 0. The van der Waals surface area contributed by atoms with Crippen LogP contribution in [0.25, 0.3) is 0 Å². The Labute approximate surface area is 195 Å². The molecule has 0 saturated carbocycles. The van der Waals surface area contributed by atoms with E-state index < -0.39 is 17.4 Å². The molecule has 3 fully saturated rings. The number of imide groups is 1. The molecular weight excluding hydrogens is 449 g/mol. The first-order valence-electron chi connectivity index (χ1n) is 10.8. The molecule has 3 saturated heterocycles. The van der Waals surface area contributed by atoms with Crippen molar-refractivity contribution in [1.82, 2.24) is 4.90 Å². The van der Waals surface area contributed by atoms with Crippen molar-refractivity contribution in [3.05, 3.63) is 57.1 Å². The third kappa shape index (κ3) is 2.33. The molecule has 0 unspecified atom stereocenters. The van der Waals surface area contributed by atoms with Gasteiger partial charge in [0.05, 0.1) is 17.5 Å². The normalized spacial score (nSPS) is 30.8. The molecule has 164 valence electrons. The summed E-state index contributed by atoms with van der Waals surface area (Å²) in [5, 5.41) is 3.74. The smallest absolute Gasteiger partial charge is 0.250 e. The van der Waals surface area contributed by atoms with Gasteiger partial charge in [-0.05, 0) is 57.0 Å². The summed E-state index contributed by atoms with van der Waals surface area (Å²) in [6.07, 6.45) is 1.66. The van der Waals surface area contributed by atoms with E-state index in [2.05, 4.69) is 10.2 Å². The van der Waals surface area contributed by atoms with E-state index in [1.807, 2.05) is 26.0 Å². The summed E-state index contributed by atoms with van der Waals surface area (Å²) in [6, 6.07) is 8.56. The van der Waals surface area contributed by atoms with Crippen molar-refractivity contribution in [3.8, 4) is 0 Å². The minimum atomic E-state index is -1.18. The number of fused-ring (bicyclic) bond motifs is 7. The lowest BCUT2D eigenvalue weighted by molar-refractivity contribution is -0.135. The first kappa shape index (κ1) is 20.2. The molecule has 0 bridgehead atoms. The molecule has 2 aromatic carbocycles. The van der Waals surface area contributed by atoms with Crippen LogP contribution in [0.5, 0.6) is 0 Å². The second-order valence-corrected chi connectivity index (χ2v) is 10.1. The third-order valence-corrected chi connectivity index (χ3v) is 7.99. The topological polar surface area (TPSA) is 69.7 Å². The molecule has 4 heterocycles. The molecule has 6 nitrogen and oxygen atoms in total. The Balaban J connectivity index is 1.58. The summed E-state index contributed by atoms with van der Waals surface area (Å²) in [6.45, 7) is 4.63. The number of anilines is 2. The maximum absolute atomic E-state index is 14.0. The van der Waals surface area contributed by atoms with Crippen LogP contribution in [0.15, 0.2) is 30.3 Å². The average molecular weight is 470 g/mol. The number of halogens is 2. The number of carbonyl (C=O) groups excluding carboxylic acids is 3. The van der Waals surface area contributed by atoms with Crippen LogP contribution < -0.4 is 10.2 Å². The van der Waals surface area contributed by atoms with Crippen LogP contribution in [0.2, 0.25) is 10.0 Å². The van der Waals surface area contributed by atoms with E-state index in [4.69, 9.17) is 23.2 Å². The SMILES string of the molecule is Cc1cc(C)c2c(c1)[C@]1(C(=O)N2)[C@H]2C(=O)N(c3cc(Cl)cc(Cl)c3)C(=O)[C@@H]2[C@H]2CCCN21. The van der Waals surface area contributed by atoms with Gasteiger partial charge in [0.15, 0.2) is 0 Å². The van der Waals surface area contributed by atoms with Crippen molar-refractivity contribution in [2.24, 2.45) is 11.8 Å². The third-order valence-electron chi connectivity index (χ3n) is 7.55. The van der Waals surface area contributed by atoms with Gasteiger partial charge in [-0.25, -0.2) is 4.90 Å². The van der Waals surface area contributed by atoms with Crippen molar-refractivity contribution in [2.75, 3.05) is 16.8 Å². The van der Waals surface area contributed by atoms with Crippen LogP contribution in [-0.2, 0) is 19.9 Å². The van der Waals surface area contributed by atoms with E-state index in [0.717, 1.165) is 35.2 Å². The molecule has 0 radical (unpaired) electrons. The van der Waals surface area contributed by atoms with E-state index in [1.54, 1.807) is 18.2 Å². The van der Waals surface area contributed by atoms with E-state index in [9.17, 15) is 14.4 Å². The van der Waals surface area contributed by atoms with E-state index in [1.165, 1.54) is 4.90 Å². The first-order chi connectivity index (χ1) is 15.2. The van der Waals surface area contributed by atoms with Gasteiger partial charge >= 0.3 is 0 Å². The molecule has 0 aliphatic carbocycles. The lowest BCUT2D eigenvalue weighted by Crippen LogP contribution is -2.54. The number of nitrogens with one attached hydrogen (secondary N) is 1. The lowest BCUT2D eigenvalue weighted by atomic mass is 9.75. The van der Waals surface area contributed by atoms with Gasteiger partial charge in [-0.3, -0.25) is 19.3 Å². The number of nitrogens with zero attached hydrogens (tertiary/aromatic N) is 2. The van der Waals surface area contributed by atoms with Gasteiger partial charge in [0.1, 0.15) is 5.54 Å². The van der Waals surface area contributed by atoms with E-state index >= 15 is 0 Å². The average Bonchev–Trinajstić information content (AvgIpc) is 3.40. The van der Waals surface area contributed by atoms with Gasteiger partial charge in [0.2, 0.25) is 17.7 Å². The molecular formula is C24H21Cl2N3O3. The van der Waals surface area contributed by atoms with Gasteiger partial charge in [0, 0.05) is 27.3 Å². The summed E-state index contributed by atoms with van der Waals surface area (Å²) in [5.41, 5.74) is 2.72. The van der Waals surface area contributed by atoms with Crippen molar-refractivity contribution in [1.29, 1.82) is 0 Å². The fourth-order valence-corrected chi connectivity index (χ4v) is 7.10.